The lowest BCUT2D eigenvalue weighted by Crippen LogP contribution is -1.97. The number of nitrogens with zero attached hydrogens (tertiary/aromatic N) is 1. The molecular formula is C10H5BrFNO. The number of carbonyl (C=O) groups is 1. The van der Waals surface area contributed by atoms with Crippen LogP contribution in [0.15, 0.2) is 10.5 Å². The summed E-state index contributed by atoms with van der Waals surface area (Å²) in [7, 11) is 0. The summed E-state index contributed by atoms with van der Waals surface area (Å²) in [6.45, 7) is 0. The fraction of sp³-hybridized carbons (Fsp3) is 0.200. The predicted octanol–water partition coefficient (Wildman–Crippen LogP) is 2.59. The van der Waals surface area contributed by atoms with E-state index in [0.29, 0.717) is 24.0 Å². The molecule has 0 unspecified atom stereocenters. The molecule has 0 saturated carbocycles. The number of Topliss-reactive ketones (excluding diaryl/α,β-unsaturated/α-hetero) is 1. The first-order valence-corrected chi connectivity index (χ1v) is 4.88. The van der Waals surface area contributed by atoms with Crippen molar-refractivity contribution in [2.75, 3.05) is 0 Å². The van der Waals surface area contributed by atoms with Crippen LogP contribution in [0.1, 0.15) is 27.9 Å². The highest BCUT2D eigenvalue weighted by Crippen LogP contribution is 2.31. The standard InChI is InChI=1S/C10H5BrFNO/c11-9-5(4-13)3-7-6(10(9)12)1-2-8(7)14/h3H,1-2H2. The molecule has 0 bridgehead atoms. The van der Waals surface area contributed by atoms with Crippen LogP contribution in [-0.4, -0.2) is 5.78 Å². The highest BCUT2D eigenvalue weighted by Gasteiger charge is 2.25. The van der Waals surface area contributed by atoms with Crippen molar-refractivity contribution in [1.82, 2.24) is 0 Å². The van der Waals surface area contributed by atoms with E-state index in [1.807, 2.05) is 6.07 Å². The molecule has 0 atom stereocenters. The molecule has 2 nitrogen and oxygen atoms in total. The summed E-state index contributed by atoms with van der Waals surface area (Å²) in [5.74, 6) is -0.548. The molecular weight excluding hydrogens is 249 g/mol. The van der Waals surface area contributed by atoms with Gasteiger partial charge in [0.1, 0.15) is 11.9 Å². The smallest absolute Gasteiger partial charge is 0.163 e. The molecule has 0 amide bonds. The number of carbonyl (C=O) groups excluding carboxylic acids is 1. The van der Waals surface area contributed by atoms with Gasteiger partial charge in [0.15, 0.2) is 5.78 Å². The SMILES string of the molecule is N#Cc1cc2c(c(F)c1Br)CCC2=O. The Balaban J connectivity index is 2.76. The average molecular weight is 254 g/mol. The van der Waals surface area contributed by atoms with Gasteiger partial charge in [0.2, 0.25) is 0 Å². The maximum Gasteiger partial charge on any atom is 0.163 e. The number of ketones is 1. The van der Waals surface area contributed by atoms with Crippen LogP contribution in [-0.2, 0) is 6.42 Å². The second-order valence-electron chi connectivity index (χ2n) is 3.11. The summed E-state index contributed by atoms with van der Waals surface area (Å²) < 4.78 is 13.7. The second-order valence-corrected chi connectivity index (χ2v) is 3.91. The fourth-order valence-electron chi connectivity index (χ4n) is 1.61. The monoisotopic (exact) mass is 253 g/mol. The van der Waals surface area contributed by atoms with Crippen LogP contribution in [0.4, 0.5) is 4.39 Å². The zero-order chi connectivity index (χ0) is 10.3. The molecule has 0 heterocycles. The van der Waals surface area contributed by atoms with Gasteiger partial charge in [-0.05, 0) is 28.4 Å². The lowest BCUT2D eigenvalue weighted by Gasteiger charge is -2.03. The van der Waals surface area contributed by atoms with E-state index in [4.69, 9.17) is 5.26 Å². The third-order valence-electron chi connectivity index (χ3n) is 2.33. The second kappa shape index (κ2) is 3.18. The first-order valence-electron chi connectivity index (χ1n) is 4.09. The highest BCUT2D eigenvalue weighted by atomic mass is 79.9. The summed E-state index contributed by atoms with van der Waals surface area (Å²) in [6.07, 6.45) is 0.776. The topological polar surface area (TPSA) is 40.9 Å². The number of hydrogen-bond donors (Lipinski definition) is 0. The minimum absolute atomic E-state index is 0.0806. The Morgan fingerprint density at radius 2 is 2.21 bits per heavy atom. The van der Waals surface area contributed by atoms with Crippen LogP contribution in [0.25, 0.3) is 0 Å². The van der Waals surface area contributed by atoms with Gasteiger partial charge in [0, 0.05) is 17.5 Å². The van der Waals surface area contributed by atoms with Crippen molar-refractivity contribution in [1.29, 1.82) is 5.26 Å². The Bertz CT molecular complexity index is 476. The fourth-order valence-corrected chi connectivity index (χ4v) is 2.05. The molecule has 1 aliphatic carbocycles. The number of hydrogen-bond acceptors (Lipinski definition) is 2. The van der Waals surface area contributed by atoms with Gasteiger partial charge in [0.05, 0.1) is 10.0 Å². The molecule has 0 radical (unpaired) electrons. The molecule has 70 valence electrons. The van der Waals surface area contributed by atoms with Gasteiger partial charge in [-0.1, -0.05) is 0 Å². The van der Waals surface area contributed by atoms with Crippen molar-refractivity contribution in [3.8, 4) is 6.07 Å². The van der Waals surface area contributed by atoms with Gasteiger partial charge < -0.3 is 0 Å². The zero-order valence-electron chi connectivity index (χ0n) is 7.10. The van der Waals surface area contributed by atoms with Crippen molar-refractivity contribution < 1.29 is 9.18 Å². The van der Waals surface area contributed by atoms with Crippen molar-refractivity contribution in [2.45, 2.75) is 12.8 Å². The first-order chi connectivity index (χ1) is 6.65. The maximum absolute atomic E-state index is 13.6. The molecule has 1 aromatic carbocycles. The Morgan fingerprint density at radius 3 is 2.86 bits per heavy atom. The molecule has 0 aliphatic heterocycles. The molecule has 14 heavy (non-hydrogen) atoms. The average Bonchev–Trinajstić information content (AvgIpc) is 2.54. The van der Waals surface area contributed by atoms with Crippen LogP contribution in [0.2, 0.25) is 0 Å². The summed E-state index contributed by atoms with van der Waals surface area (Å²) in [4.78, 5) is 11.3. The number of nitriles is 1. The normalized spacial score (nSPS) is 13.9. The molecule has 0 spiro atoms. The van der Waals surface area contributed by atoms with E-state index in [1.165, 1.54) is 6.07 Å². The molecule has 1 aliphatic rings. The number of benzene rings is 1. The van der Waals surface area contributed by atoms with Crippen molar-refractivity contribution in [3.63, 3.8) is 0 Å². The van der Waals surface area contributed by atoms with Gasteiger partial charge in [-0.3, -0.25) is 4.79 Å². The summed E-state index contributed by atoms with van der Waals surface area (Å²) in [6, 6.07) is 3.30. The van der Waals surface area contributed by atoms with E-state index in [-0.39, 0.29) is 15.8 Å². The summed E-state index contributed by atoms with van der Waals surface area (Å²) in [5.41, 5.74) is 0.972. The quantitative estimate of drug-likeness (QED) is 0.713. The van der Waals surface area contributed by atoms with E-state index >= 15 is 0 Å². The Morgan fingerprint density at radius 1 is 1.50 bits per heavy atom. The van der Waals surface area contributed by atoms with Crippen molar-refractivity contribution >= 4 is 21.7 Å². The third-order valence-corrected chi connectivity index (χ3v) is 3.11. The van der Waals surface area contributed by atoms with Gasteiger partial charge in [-0.2, -0.15) is 5.26 Å². The zero-order valence-corrected chi connectivity index (χ0v) is 8.69. The maximum atomic E-state index is 13.6. The van der Waals surface area contributed by atoms with E-state index < -0.39 is 5.82 Å². The highest BCUT2D eigenvalue weighted by molar-refractivity contribution is 9.10. The molecule has 0 aromatic heterocycles. The lowest BCUT2D eigenvalue weighted by atomic mass is 10.1. The van der Waals surface area contributed by atoms with Gasteiger partial charge in [-0.15, -0.1) is 0 Å². The van der Waals surface area contributed by atoms with E-state index in [1.54, 1.807) is 0 Å². The minimum atomic E-state index is -0.468. The Hall–Kier alpha value is -1.21. The lowest BCUT2D eigenvalue weighted by molar-refractivity contribution is 0.0994. The largest absolute Gasteiger partial charge is 0.294 e. The number of halogens is 2. The Labute approximate surface area is 88.5 Å². The number of rotatable bonds is 0. The van der Waals surface area contributed by atoms with E-state index in [9.17, 15) is 9.18 Å². The molecule has 1 aromatic rings. The molecule has 2 rings (SSSR count). The number of fused-ring (bicyclic) bond motifs is 1. The van der Waals surface area contributed by atoms with E-state index in [2.05, 4.69) is 15.9 Å². The van der Waals surface area contributed by atoms with Crippen molar-refractivity contribution in [3.05, 3.63) is 33.0 Å². The van der Waals surface area contributed by atoms with Crippen LogP contribution in [0, 0.1) is 17.1 Å². The molecule has 0 fully saturated rings. The Kier molecular flexibility index (Phi) is 2.12. The van der Waals surface area contributed by atoms with E-state index in [0.717, 1.165) is 0 Å². The van der Waals surface area contributed by atoms with Crippen LogP contribution in [0.3, 0.4) is 0 Å². The first kappa shape index (κ1) is 9.35. The predicted molar refractivity (Wildman–Crippen MR) is 51.5 cm³/mol. The molecule has 0 saturated heterocycles. The minimum Gasteiger partial charge on any atom is -0.294 e. The van der Waals surface area contributed by atoms with Gasteiger partial charge in [0.25, 0.3) is 0 Å². The van der Waals surface area contributed by atoms with Crippen LogP contribution in [0.5, 0.6) is 0 Å². The summed E-state index contributed by atoms with van der Waals surface area (Å²) in [5, 5.41) is 8.70. The van der Waals surface area contributed by atoms with Crippen LogP contribution < -0.4 is 0 Å². The summed E-state index contributed by atoms with van der Waals surface area (Å²) >= 11 is 3.01. The molecule has 0 N–H and O–H groups in total. The van der Waals surface area contributed by atoms with Crippen LogP contribution >= 0.6 is 15.9 Å². The van der Waals surface area contributed by atoms with Crippen molar-refractivity contribution in [2.24, 2.45) is 0 Å². The third kappa shape index (κ3) is 1.17. The van der Waals surface area contributed by atoms with Gasteiger partial charge >= 0.3 is 0 Å². The van der Waals surface area contributed by atoms with Gasteiger partial charge in [-0.25, -0.2) is 4.39 Å². The molecule has 4 heteroatoms.